The number of benzene rings is 3. The van der Waals surface area contributed by atoms with E-state index < -0.39 is 56.9 Å². The van der Waals surface area contributed by atoms with Gasteiger partial charge in [-0.3, -0.25) is 4.79 Å². The summed E-state index contributed by atoms with van der Waals surface area (Å²) in [6, 6.07) is 19.4. The highest BCUT2D eigenvalue weighted by molar-refractivity contribution is 7.89. The first-order valence-electron chi connectivity index (χ1n) is 18.6. The Morgan fingerprint density at radius 2 is 1.74 bits per heavy atom. The first-order chi connectivity index (χ1) is 27.6. The van der Waals surface area contributed by atoms with Gasteiger partial charge in [-0.25, -0.2) is 27.3 Å². The number of sulfonamides is 1. The van der Waals surface area contributed by atoms with Crippen LogP contribution in [0.5, 0.6) is 5.88 Å². The number of amides is 2. The minimum Gasteiger partial charge on any atom is -0.481 e. The van der Waals surface area contributed by atoms with Crippen molar-refractivity contribution < 1.29 is 37.0 Å². The molecule has 17 heteroatoms. The van der Waals surface area contributed by atoms with Gasteiger partial charge >= 0.3 is 6.09 Å². The lowest BCUT2D eigenvalue weighted by atomic mass is 9.85. The van der Waals surface area contributed by atoms with Crippen molar-refractivity contribution in [2.24, 2.45) is 10.5 Å². The highest BCUT2D eigenvalue weighted by Gasteiger charge is 2.45. The molecule has 1 saturated carbocycles. The van der Waals surface area contributed by atoms with E-state index in [0.717, 1.165) is 0 Å². The Bertz CT molecular complexity index is 2200. The summed E-state index contributed by atoms with van der Waals surface area (Å²) in [5.74, 6) is -1.96. The van der Waals surface area contributed by atoms with E-state index in [0.29, 0.717) is 34.9 Å². The number of anilines is 1. The molecule has 3 aromatic carbocycles. The van der Waals surface area contributed by atoms with E-state index in [-0.39, 0.29) is 48.7 Å². The highest BCUT2D eigenvalue weighted by atomic mass is 35.5. The van der Waals surface area contributed by atoms with Gasteiger partial charge < -0.3 is 24.8 Å². The van der Waals surface area contributed by atoms with Gasteiger partial charge in [-0.05, 0) is 99.5 Å². The van der Waals surface area contributed by atoms with Gasteiger partial charge in [-0.2, -0.15) is 0 Å². The van der Waals surface area contributed by atoms with E-state index in [4.69, 9.17) is 21.1 Å². The molecule has 0 spiro atoms. The van der Waals surface area contributed by atoms with Crippen LogP contribution < -0.4 is 14.8 Å². The van der Waals surface area contributed by atoms with Crippen LogP contribution >= 0.6 is 11.6 Å². The highest BCUT2D eigenvalue weighted by Crippen LogP contribution is 2.46. The maximum absolute atomic E-state index is 15.8. The summed E-state index contributed by atoms with van der Waals surface area (Å²) < 4.78 is 56.8. The molecule has 3 N–H and O–H groups in total. The van der Waals surface area contributed by atoms with E-state index in [2.05, 4.69) is 25.0 Å². The number of carbonyl (C=O) groups excluding carboxylic acids is 2. The molecule has 1 heterocycles. The quantitative estimate of drug-likeness (QED) is 0.0517. The Balaban J connectivity index is 1.46. The number of carbonyl (C=O) groups is 2. The first kappa shape index (κ1) is 43.9. The van der Waals surface area contributed by atoms with Crippen LogP contribution in [-0.4, -0.2) is 79.9 Å². The van der Waals surface area contributed by atoms with Crippen molar-refractivity contribution in [3.63, 3.8) is 0 Å². The largest absolute Gasteiger partial charge is 0.481 e. The van der Waals surface area contributed by atoms with Crippen LogP contribution in [0.3, 0.4) is 0 Å². The number of aromatic nitrogens is 1. The molecule has 3 atom stereocenters. The van der Waals surface area contributed by atoms with Gasteiger partial charge in [0.05, 0.1) is 18.6 Å². The van der Waals surface area contributed by atoms with Crippen LogP contribution in [0, 0.1) is 11.2 Å². The van der Waals surface area contributed by atoms with Crippen molar-refractivity contribution in [1.82, 2.24) is 14.6 Å². The maximum Gasteiger partial charge on any atom is 0.410 e. The van der Waals surface area contributed by atoms with E-state index in [1.165, 1.54) is 48.5 Å². The number of rotatable bonds is 18. The van der Waals surface area contributed by atoms with Crippen molar-refractivity contribution in [3.05, 3.63) is 129 Å². The average molecular weight is 836 g/mol. The van der Waals surface area contributed by atoms with E-state index in [1.54, 1.807) is 75.4 Å². The lowest BCUT2D eigenvalue weighted by Crippen LogP contribution is -2.49. The minimum atomic E-state index is -4.14. The molecular weight excluding hydrogens is 789 g/mol. The Hall–Kier alpha value is -5.25. The van der Waals surface area contributed by atoms with Gasteiger partial charge in [0.2, 0.25) is 21.8 Å². The van der Waals surface area contributed by atoms with Crippen LogP contribution in [0.15, 0.2) is 101 Å². The Labute approximate surface area is 342 Å². The second-order valence-corrected chi connectivity index (χ2v) is 17.4. The molecule has 2 amide bonds. The van der Waals surface area contributed by atoms with Crippen molar-refractivity contribution in [2.75, 3.05) is 32.1 Å². The number of nitrogens with one attached hydrogen (secondary N) is 2. The van der Waals surface area contributed by atoms with E-state index in [1.807, 2.05) is 0 Å². The molecule has 1 aromatic heterocycles. The lowest BCUT2D eigenvalue weighted by molar-refractivity contribution is -0.117. The fourth-order valence-electron chi connectivity index (χ4n) is 6.52. The molecular formula is C41H47ClFN7O7S. The summed E-state index contributed by atoms with van der Waals surface area (Å²) in [5.41, 5.74) is 9.47. The zero-order valence-electron chi connectivity index (χ0n) is 32.6. The summed E-state index contributed by atoms with van der Waals surface area (Å²) in [5, 5.41) is 17.2. The molecule has 0 bridgehead atoms. The zero-order chi connectivity index (χ0) is 42.1. The van der Waals surface area contributed by atoms with Crippen LogP contribution in [0.1, 0.15) is 62.6 Å². The average Bonchev–Trinajstić information content (AvgIpc) is 3.97. The number of aliphatic hydroxyl groups is 1. The van der Waals surface area contributed by atoms with Crippen molar-refractivity contribution >= 4 is 39.3 Å². The number of hydrogen-bond donors (Lipinski definition) is 3. The number of hydrogen-bond acceptors (Lipinski definition) is 9. The van der Waals surface area contributed by atoms with Gasteiger partial charge in [-0.1, -0.05) is 59.2 Å². The third-order valence-corrected chi connectivity index (χ3v) is 11.5. The summed E-state index contributed by atoms with van der Waals surface area (Å²) in [7, 11) is -2.68. The molecule has 0 unspecified atom stereocenters. The van der Waals surface area contributed by atoms with Gasteiger partial charge in [-0.15, -0.1) is 0 Å². The normalized spacial score (nSPS) is 14.9. The van der Waals surface area contributed by atoms with Gasteiger partial charge in [0.1, 0.15) is 17.5 Å². The molecule has 0 saturated heterocycles. The Kier molecular flexibility index (Phi) is 14.4. The number of nitrogens with zero attached hydrogens (tertiary/aromatic N) is 5. The molecule has 14 nitrogen and oxygen atoms in total. The second-order valence-electron chi connectivity index (χ2n) is 15.3. The summed E-state index contributed by atoms with van der Waals surface area (Å²) in [6.45, 7) is 4.91. The molecule has 1 fully saturated rings. The van der Waals surface area contributed by atoms with Crippen LogP contribution in [0.25, 0.3) is 10.4 Å². The standard InChI is InChI=1S/C41H47ClFN7O7S/c1-40(2,3)57-39(53)50(25-41(26-51)21-22-41)24-30(48-58(54,55)31-9-6-5-7-10-31)18-19-32-33(43)11-8-12-34(32)46-38(52)37(47-49-44)36(27-13-16-29(42)17-14-27)28-15-20-35(56-4)45-23-28/h5-17,20,23,30,36-37,48,51H,18-19,21-22,24-26H2,1-4H3,(H,46,52)/t30-,36-,37-/m0/s1. The molecule has 1 aliphatic carbocycles. The van der Waals surface area contributed by atoms with Gasteiger partial charge in [0.15, 0.2) is 0 Å². The molecule has 0 radical (unpaired) electrons. The van der Waals surface area contributed by atoms with Gasteiger partial charge in [0, 0.05) is 63.9 Å². The third kappa shape index (κ3) is 11.7. The topological polar surface area (TPSA) is 196 Å². The van der Waals surface area contributed by atoms with Crippen LogP contribution in [-0.2, 0) is 26.0 Å². The molecule has 5 rings (SSSR count). The zero-order valence-corrected chi connectivity index (χ0v) is 34.2. The van der Waals surface area contributed by atoms with Crippen molar-refractivity contribution in [3.8, 4) is 5.88 Å². The summed E-state index contributed by atoms with van der Waals surface area (Å²) >= 11 is 6.17. The smallest absolute Gasteiger partial charge is 0.410 e. The molecule has 308 valence electrons. The van der Waals surface area contributed by atoms with E-state index >= 15 is 4.39 Å². The maximum atomic E-state index is 15.8. The van der Waals surface area contributed by atoms with Crippen molar-refractivity contribution in [1.29, 1.82) is 0 Å². The van der Waals surface area contributed by atoms with E-state index in [9.17, 15) is 28.6 Å². The Morgan fingerprint density at radius 3 is 2.33 bits per heavy atom. The number of ether oxygens (including phenoxy) is 2. The summed E-state index contributed by atoms with van der Waals surface area (Å²) in [4.78, 5) is 36.4. The number of azide groups is 1. The third-order valence-electron chi connectivity index (χ3n) is 9.72. The Morgan fingerprint density at radius 1 is 1.05 bits per heavy atom. The monoisotopic (exact) mass is 835 g/mol. The predicted molar refractivity (Wildman–Crippen MR) is 217 cm³/mol. The number of pyridine rings is 1. The molecule has 1 aliphatic rings. The predicted octanol–water partition coefficient (Wildman–Crippen LogP) is 7.62. The number of methoxy groups -OCH3 is 1. The fourth-order valence-corrected chi connectivity index (χ4v) is 7.93. The van der Waals surface area contributed by atoms with Crippen LogP contribution in [0.2, 0.25) is 5.02 Å². The van der Waals surface area contributed by atoms with Crippen LogP contribution in [0.4, 0.5) is 14.9 Å². The van der Waals surface area contributed by atoms with Gasteiger partial charge in [0.25, 0.3) is 0 Å². The first-order valence-corrected chi connectivity index (χ1v) is 20.5. The lowest BCUT2D eigenvalue weighted by Gasteiger charge is -2.33. The molecule has 58 heavy (non-hydrogen) atoms. The number of halogens is 2. The second kappa shape index (κ2) is 19.0. The van der Waals surface area contributed by atoms with Crippen molar-refractivity contribution in [2.45, 2.75) is 75.0 Å². The minimum absolute atomic E-state index is 0.0110. The fraction of sp³-hybridized carbons (Fsp3) is 0.390. The molecule has 4 aromatic rings. The summed E-state index contributed by atoms with van der Waals surface area (Å²) in [6.07, 6.45) is 2.01. The molecule has 0 aliphatic heterocycles. The SMILES string of the molecule is COc1ccc([C@H](c2ccc(Cl)cc2)[C@H](N=[N+]=[N-])C(=O)Nc2cccc(F)c2CC[C@@H](CN(CC2(CO)CC2)C(=O)OC(C)(C)C)NS(=O)(=O)c2ccccc2)cn1. The number of aliphatic hydroxyl groups excluding tert-OH is 1.